The first-order valence-electron chi connectivity index (χ1n) is 7.11. The zero-order chi connectivity index (χ0) is 14.7. The van der Waals surface area contributed by atoms with Crippen LogP contribution in [0.5, 0.6) is 0 Å². The molecule has 0 aromatic heterocycles. The van der Waals surface area contributed by atoms with Crippen molar-refractivity contribution in [3.05, 3.63) is 71.8 Å². The van der Waals surface area contributed by atoms with E-state index in [1.165, 1.54) is 5.56 Å². The molecule has 0 N–H and O–H groups in total. The van der Waals surface area contributed by atoms with Gasteiger partial charge in [0.1, 0.15) is 0 Å². The van der Waals surface area contributed by atoms with Crippen molar-refractivity contribution < 1.29 is 9.63 Å². The van der Waals surface area contributed by atoms with E-state index < -0.39 is 0 Å². The van der Waals surface area contributed by atoms with Gasteiger partial charge >= 0.3 is 5.97 Å². The van der Waals surface area contributed by atoms with E-state index in [4.69, 9.17) is 4.84 Å². The van der Waals surface area contributed by atoms with E-state index in [0.29, 0.717) is 5.71 Å². The van der Waals surface area contributed by atoms with E-state index >= 15 is 0 Å². The Morgan fingerprint density at radius 3 is 2.33 bits per heavy atom. The van der Waals surface area contributed by atoms with E-state index in [9.17, 15) is 4.79 Å². The van der Waals surface area contributed by atoms with Gasteiger partial charge < -0.3 is 4.84 Å². The fourth-order valence-corrected chi connectivity index (χ4v) is 2.44. The SMILES string of the molecule is C/C(=N/OC(=O)[C@@H]1C[C@@H]1c1ccccc1)c1ccccc1. The van der Waals surface area contributed by atoms with Gasteiger partial charge in [-0.05, 0) is 30.4 Å². The third-order valence-corrected chi connectivity index (χ3v) is 3.79. The van der Waals surface area contributed by atoms with Gasteiger partial charge in [0, 0.05) is 0 Å². The highest BCUT2D eigenvalue weighted by molar-refractivity contribution is 5.98. The predicted molar refractivity (Wildman–Crippen MR) is 82.0 cm³/mol. The number of rotatable bonds is 4. The van der Waals surface area contributed by atoms with Crippen LogP contribution in [-0.2, 0) is 9.63 Å². The average molecular weight is 279 g/mol. The zero-order valence-corrected chi connectivity index (χ0v) is 11.9. The van der Waals surface area contributed by atoms with E-state index in [1.807, 2.05) is 55.5 Å². The first-order valence-corrected chi connectivity index (χ1v) is 7.11. The van der Waals surface area contributed by atoms with Gasteiger partial charge in [-0.1, -0.05) is 65.8 Å². The number of benzene rings is 2. The number of oxime groups is 1. The summed E-state index contributed by atoms with van der Waals surface area (Å²) in [6, 6.07) is 19.8. The van der Waals surface area contributed by atoms with E-state index in [2.05, 4.69) is 17.3 Å². The summed E-state index contributed by atoms with van der Waals surface area (Å²) in [5, 5.41) is 3.95. The lowest BCUT2D eigenvalue weighted by molar-refractivity contribution is -0.145. The normalized spacial score (nSPS) is 20.9. The molecule has 1 fully saturated rings. The Morgan fingerprint density at radius 2 is 1.67 bits per heavy atom. The van der Waals surface area contributed by atoms with Gasteiger partial charge in [-0.25, -0.2) is 4.79 Å². The monoisotopic (exact) mass is 279 g/mol. The molecule has 2 aromatic carbocycles. The predicted octanol–water partition coefficient (Wildman–Crippen LogP) is 3.76. The minimum absolute atomic E-state index is 0.0558. The van der Waals surface area contributed by atoms with Crippen LogP contribution >= 0.6 is 0 Å². The van der Waals surface area contributed by atoms with Crippen LogP contribution in [0.25, 0.3) is 0 Å². The summed E-state index contributed by atoms with van der Waals surface area (Å²) in [5.74, 6) is -0.00945. The molecule has 106 valence electrons. The van der Waals surface area contributed by atoms with Crippen molar-refractivity contribution in [1.82, 2.24) is 0 Å². The van der Waals surface area contributed by atoms with Crippen LogP contribution in [0.15, 0.2) is 65.8 Å². The maximum atomic E-state index is 12.0. The average Bonchev–Trinajstić information content (AvgIpc) is 3.35. The lowest BCUT2D eigenvalue weighted by atomic mass is 10.1. The quantitative estimate of drug-likeness (QED) is 0.485. The van der Waals surface area contributed by atoms with Crippen LogP contribution in [0.4, 0.5) is 0 Å². The Bertz CT molecular complexity index is 649. The Balaban J connectivity index is 1.59. The van der Waals surface area contributed by atoms with E-state index in [1.54, 1.807) is 0 Å². The highest BCUT2D eigenvalue weighted by atomic mass is 16.7. The number of hydrogen-bond donors (Lipinski definition) is 0. The number of hydrogen-bond acceptors (Lipinski definition) is 3. The molecular weight excluding hydrogens is 262 g/mol. The molecule has 0 saturated heterocycles. The van der Waals surface area contributed by atoms with Gasteiger partial charge in [0.05, 0.1) is 11.6 Å². The smallest absolute Gasteiger partial charge is 0.318 e. The molecule has 3 rings (SSSR count). The molecule has 1 aliphatic carbocycles. The van der Waals surface area contributed by atoms with Gasteiger partial charge in [-0.2, -0.15) is 0 Å². The molecule has 0 spiro atoms. The van der Waals surface area contributed by atoms with Gasteiger partial charge in [-0.3, -0.25) is 0 Å². The molecule has 3 heteroatoms. The number of carbonyl (C=O) groups is 1. The molecule has 0 amide bonds. The third kappa shape index (κ3) is 3.19. The van der Waals surface area contributed by atoms with Crippen LogP contribution in [0.1, 0.15) is 30.4 Å². The van der Waals surface area contributed by atoms with Crippen LogP contribution in [0, 0.1) is 5.92 Å². The lowest BCUT2D eigenvalue weighted by Gasteiger charge is -2.01. The van der Waals surface area contributed by atoms with Crippen LogP contribution in [0.3, 0.4) is 0 Å². The van der Waals surface area contributed by atoms with E-state index in [-0.39, 0.29) is 17.8 Å². The molecule has 0 radical (unpaired) electrons. The standard InChI is InChI=1S/C18H17NO2/c1-13(14-8-4-2-5-9-14)19-21-18(20)17-12-16(17)15-10-6-3-7-11-15/h2-11,16-17H,12H2,1H3/b19-13-/t16-,17-/m1/s1. The lowest BCUT2D eigenvalue weighted by Crippen LogP contribution is -2.06. The molecule has 3 nitrogen and oxygen atoms in total. The van der Waals surface area contributed by atoms with Crippen molar-refractivity contribution in [2.45, 2.75) is 19.3 Å². The van der Waals surface area contributed by atoms with Gasteiger partial charge in [0.25, 0.3) is 0 Å². The molecule has 0 unspecified atom stereocenters. The molecule has 0 bridgehead atoms. The summed E-state index contributed by atoms with van der Waals surface area (Å²) in [7, 11) is 0. The zero-order valence-electron chi connectivity index (χ0n) is 11.9. The highest BCUT2D eigenvalue weighted by Crippen LogP contribution is 2.48. The highest BCUT2D eigenvalue weighted by Gasteiger charge is 2.45. The number of carbonyl (C=O) groups excluding carboxylic acids is 1. The third-order valence-electron chi connectivity index (χ3n) is 3.79. The Morgan fingerprint density at radius 1 is 1.05 bits per heavy atom. The van der Waals surface area contributed by atoms with Crippen LogP contribution in [-0.4, -0.2) is 11.7 Å². The van der Waals surface area contributed by atoms with Crippen molar-refractivity contribution in [2.24, 2.45) is 11.1 Å². The minimum Gasteiger partial charge on any atom is -0.318 e. The second kappa shape index (κ2) is 5.92. The molecule has 0 heterocycles. The Labute approximate surface area is 124 Å². The summed E-state index contributed by atoms with van der Waals surface area (Å²) < 4.78 is 0. The summed E-state index contributed by atoms with van der Waals surface area (Å²) in [6.07, 6.45) is 0.850. The van der Waals surface area contributed by atoms with Gasteiger partial charge in [0.15, 0.2) is 0 Å². The maximum Gasteiger partial charge on any atom is 0.338 e. The fourth-order valence-electron chi connectivity index (χ4n) is 2.44. The van der Waals surface area contributed by atoms with Crippen LogP contribution < -0.4 is 0 Å². The summed E-state index contributed by atoms with van der Waals surface area (Å²) in [6.45, 7) is 1.84. The Hall–Kier alpha value is -2.42. The van der Waals surface area contributed by atoms with Crippen molar-refractivity contribution in [2.75, 3.05) is 0 Å². The Kier molecular flexibility index (Phi) is 3.82. The van der Waals surface area contributed by atoms with Crippen LogP contribution in [0.2, 0.25) is 0 Å². The molecule has 1 aliphatic rings. The van der Waals surface area contributed by atoms with Crippen molar-refractivity contribution in [1.29, 1.82) is 0 Å². The summed E-state index contributed by atoms with van der Waals surface area (Å²) in [5.41, 5.74) is 2.87. The molecule has 2 aromatic rings. The molecule has 0 aliphatic heterocycles. The topological polar surface area (TPSA) is 38.7 Å². The first kappa shape index (κ1) is 13.6. The first-order chi connectivity index (χ1) is 10.3. The molecule has 21 heavy (non-hydrogen) atoms. The second-order valence-corrected chi connectivity index (χ2v) is 5.31. The minimum atomic E-state index is -0.237. The summed E-state index contributed by atoms with van der Waals surface area (Å²) in [4.78, 5) is 17.1. The summed E-state index contributed by atoms with van der Waals surface area (Å²) >= 11 is 0. The van der Waals surface area contributed by atoms with Crippen molar-refractivity contribution >= 4 is 11.7 Å². The largest absolute Gasteiger partial charge is 0.338 e. The fraction of sp³-hybridized carbons (Fsp3) is 0.222. The van der Waals surface area contributed by atoms with Gasteiger partial charge in [-0.15, -0.1) is 0 Å². The van der Waals surface area contributed by atoms with Gasteiger partial charge in [0.2, 0.25) is 0 Å². The number of nitrogens with zero attached hydrogens (tertiary/aromatic N) is 1. The molecule has 1 saturated carbocycles. The second-order valence-electron chi connectivity index (χ2n) is 5.31. The van der Waals surface area contributed by atoms with E-state index in [0.717, 1.165) is 12.0 Å². The van der Waals surface area contributed by atoms with Crippen molar-refractivity contribution in [3.63, 3.8) is 0 Å². The van der Waals surface area contributed by atoms with Crippen molar-refractivity contribution in [3.8, 4) is 0 Å². The molecular formula is C18H17NO2. The maximum absolute atomic E-state index is 12.0. The molecule has 2 atom stereocenters.